The highest BCUT2D eigenvalue weighted by molar-refractivity contribution is 5.83. The van der Waals surface area contributed by atoms with Crippen LogP contribution in [-0.4, -0.2) is 66.7 Å². The molecule has 114 valence electrons. The highest BCUT2D eigenvalue weighted by Gasteiger charge is 2.21. The van der Waals surface area contributed by atoms with E-state index in [4.69, 9.17) is 19.7 Å². The summed E-state index contributed by atoms with van der Waals surface area (Å²) in [6.45, 7) is 1.52. The molecule has 1 aliphatic rings. The minimum Gasteiger partial charge on any atom is -0.481 e. The third-order valence-corrected chi connectivity index (χ3v) is 2.63. The molecule has 0 aromatic carbocycles. The molecular formula is C11H18N2O7. The van der Waals surface area contributed by atoms with Gasteiger partial charge in [-0.2, -0.15) is 0 Å². The first-order chi connectivity index (χ1) is 9.49. The first kappa shape index (κ1) is 16.2. The summed E-state index contributed by atoms with van der Waals surface area (Å²) in [6.07, 6.45) is -0.783. The molecule has 2 atom stereocenters. The van der Waals surface area contributed by atoms with E-state index in [-0.39, 0.29) is 25.5 Å². The van der Waals surface area contributed by atoms with Crippen LogP contribution in [-0.2, 0) is 19.1 Å². The zero-order valence-electron chi connectivity index (χ0n) is 10.8. The van der Waals surface area contributed by atoms with E-state index in [9.17, 15) is 14.4 Å². The summed E-state index contributed by atoms with van der Waals surface area (Å²) >= 11 is 0. The lowest BCUT2D eigenvalue weighted by Gasteiger charge is -2.23. The van der Waals surface area contributed by atoms with Crippen molar-refractivity contribution in [2.24, 2.45) is 0 Å². The second kappa shape index (κ2) is 8.33. The monoisotopic (exact) mass is 290 g/mol. The van der Waals surface area contributed by atoms with Gasteiger partial charge in [-0.25, -0.2) is 9.59 Å². The number of urea groups is 1. The number of amides is 2. The van der Waals surface area contributed by atoms with Crippen LogP contribution in [0.5, 0.6) is 0 Å². The first-order valence-electron chi connectivity index (χ1n) is 6.17. The zero-order valence-corrected chi connectivity index (χ0v) is 10.8. The van der Waals surface area contributed by atoms with E-state index in [0.717, 1.165) is 0 Å². The molecule has 9 heteroatoms. The van der Waals surface area contributed by atoms with Gasteiger partial charge in [-0.1, -0.05) is 0 Å². The van der Waals surface area contributed by atoms with Gasteiger partial charge >= 0.3 is 18.0 Å². The van der Waals surface area contributed by atoms with Crippen LogP contribution in [0.15, 0.2) is 0 Å². The highest BCUT2D eigenvalue weighted by Crippen LogP contribution is 2.00. The third kappa shape index (κ3) is 6.34. The van der Waals surface area contributed by atoms with Crippen LogP contribution in [0.25, 0.3) is 0 Å². The van der Waals surface area contributed by atoms with Crippen LogP contribution in [0.1, 0.15) is 12.8 Å². The molecule has 1 aliphatic heterocycles. The average Bonchev–Trinajstić information content (AvgIpc) is 2.41. The first-order valence-corrected chi connectivity index (χ1v) is 6.17. The number of nitrogens with one attached hydrogen (secondary N) is 2. The Bertz CT molecular complexity index is 355. The van der Waals surface area contributed by atoms with Crippen LogP contribution < -0.4 is 10.6 Å². The van der Waals surface area contributed by atoms with E-state index < -0.39 is 24.0 Å². The smallest absolute Gasteiger partial charge is 0.326 e. The van der Waals surface area contributed by atoms with Crippen LogP contribution in [0.4, 0.5) is 4.79 Å². The molecule has 0 aromatic heterocycles. The van der Waals surface area contributed by atoms with Crippen LogP contribution in [0.3, 0.4) is 0 Å². The van der Waals surface area contributed by atoms with Crippen molar-refractivity contribution in [2.45, 2.75) is 25.0 Å². The van der Waals surface area contributed by atoms with Crippen molar-refractivity contribution in [3.05, 3.63) is 0 Å². The minimum absolute atomic E-state index is 0.179. The van der Waals surface area contributed by atoms with E-state index in [1.54, 1.807) is 0 Å². The molecule has 0 radical (unpaired) electrons. The molecule has 1 rings (SSSR count). The molecule has 0 saturated carbocycles. The molecule has 0 aromatic rings. The molecule has 0 spiro atoms. The quantitative estimate of drug-likeness (QED) is 0.473. The molecule has 20 heavy (non-hydrogen) atoms. The number of hydrogen-bond acceptors (Lipinski definition) is 5. The lowest BCUT2D eigenvalue weighted by molar-refractivity contribution is -0.140. The van der Waals surface area contributed by atoms with Gasteiger partial charge in [-0.05, 0) is 6.42 Å². The number of carbonyl (C=O) groups excluding carboxylic acids is 1. The molecular weight excluding hydrogens is 272 g/mol. The van der Waals surface area contributed by atoms with Gasteiger partial charge in [0, 0.05) is 13.0 Å². The maximum absolute atomic E-state index is 11.5. The summed E-state index contributed by atoms with van der Waals surface area (Å²) in [6, 6.07) is -1.92. The molecule has 1 fully saturated rings. The van der Waals surface area contributed by atoms with Crippen molar-refractivity contribution in [2.75, 3.05) is 26.4 Å². The van der Waals surface area contributed by atoms with Gasteiger partial charge in [-0.15, -0.1) is 0 Å². The van der Waals surface area contributed by atoms with Crippen molar-refractivity contribution in [1.29, 1.82) is 0 Å². The molecule has 9 nitrogen and oxygen atoms in total. The predicted octanol–water partition coefficient (Wildman–Crippen LogP) is -0.981. The van der Waals surface area contributed by atoms with E-state index in [1.165, 1.54) is 0 Å². The Hall–Kier alpha value is -1.87. The summed E-state index contributed by atoms with van der Waals surface area (Å²) in [5, 5.41) is 22.0. The number of ether oxygens (including phenoxy) is 2. The number of carboxylic acids is 2. The van der Waals surface area contributed by atoms with Gasteiger partial charge in [0.25, 0.3) is 0 Å². The number of carboxylic acid groups (broad SMARTS) is 2. The van der Waals surface area contributed by atoms with Crippen LogP contribution in [0.2, 0.25) is 0 Å². The summed E-state index contributed by atoms with van der Waals surface area (Å²) in [4.78, 5) is 32.8. The van der Waals surface area contributed by atoms with E-state index in [0.29, 0.717) is 19.8 Å². The molecule has 1 saturated heterocycles. The Morgan fingerprint density at radius 1 is 1.25 bits per heavy atom. The van der Waals surface area contributed by atoms with Crippen molar-refractivity contribution in [3.8, 4) is 0 Å². The number of aliphatic carboxylic acids is 2. The normalized spacial score (nSPS) is 19.9. The van der Waals surface area contributed by atoms with Crippen LogP contribution in [0, 0.1) is 0 Å². The molecule has 0 aliphatic carbocycles. The summed E-state index contributed by atoms with van der Waals surface area (Å²) < 4.78 is 10.4. The van der Waals surface area contributed by atoms with Gasteiger partial charge in [0.1, 0.15) is 6.04 Å². The molecule has 0 bridgehead atoms. The minimum atomic E-state index is -1.28. The maximum atomic E-state index is 11.5. The fourth-order valence-electron chi connectivity index (χ4n) is 1.60. The Balaban J connectivity index is 2.29. The largest absolute Gasteiger partial charge is 0.481 e. The molecule has 2 amide bonds. The third-order valence-electron chi connectivity index (χ3n) is 2.63. The Morgan fingerprint density at radius 2 is 2.00 bits per heavy atom. The van der Waals surface area contributed by atoms with Gasteiger partial charge in [-0.3, -0.25) is 4.79 Å². The zero-order chi connectivity index (χ0) is 15.0. The summed E-state index contributed by atoms with van der Waals surface area (Å²) in [5.74, 6) is -2.40. The topological polar surface area (TPSA) is 134 Å². The van der Waals surface area contributed by atoms with Crippen molar-refractivity contribution >= 4 is 18.0 Å². The Kier molecular flexibility index (Phi) is 6.74. The average molecular weight is 290 g/mol. The van der Waals surface area contributed by atoms with Gasteiger partial charge in [0.05, 0.1) is 25.9 Å². The van der Waals surface area contributed by atoms with Gasteiger partial charge in [0.15, 0.2) is 0 Å². The van der Waals surface area contributed by atoms with E-state index >= 15 is 0 Å². The van der Waals surface area contributed by atoms with Gasteiger partial charge < -0.3 is 30.3 Å². The SMILES string of the molecule is O=C(O)CCC(NC(=O)NCC1COCCO1)C(=O)O. The maximum Gasteiger partial charge on any atom is 0.326 e. The second-order valence-electron chi connectivity index (χ2n) is 4.25. The van der Waals surface area contributed by atoms with Gasteiger partial charge in [0.2, 0.25) is 0 Å². The Morgan fingerprint density at radius 3 is 2.55 bits per heavy atom. The van der Waals surface area contributed by atoms with Crippen molar-refractivity contribution in [3.63, 3.8) is 0 Å². The fraction of sp³-hybridized carbons (Fsp3) is 0.727. The summed E-state index contributed by atoms with van der Waals surface area (Å²) in [7, 11) is 0. The molecule has 4 N–H and O–H groups in total. The second-order valence-corrected chi connectivity index (χ2v) is 4.25. The van der Waals surface area contributed by atoms with Crippen molar-refractivity contribution < 1.29 is 34.1 Å². The Labute approximate surface area is 115 Å². The lowest BCUT2D eigenvalue weighted by atomic mass is 10.1. The highest BCUT2D eigenvalue weighted by atomic mass is 16.6. The standard InChI is InChI=1S/C11H18N2O7/c14-9(15)2-1-8(10(16)17)13-11(18)12-5-7-6-19-3-4-20-7/h7-8H,1-6H2,(H,14,15)(H,16,17)(H2,12,13,18). The van der Waals surface area contributed by atoms with E-state index in [2.05, 4.69) is 10.6 Å². The lowest BCUT2D eigenvalue weighted by Crippen LogP contribution is -2.49. The number of carbonyl (C=O) groups is 3. The summed E-state index contributed by atoms with van der Waals surface area (Å²) in [5.41, 5.74) is 0. The number of hydrogen-bond donors (Lipinski definition) is 4. The predicted molar refractivity (Wildman–Crippen MR) is 65.4 cm³/mol. The molecule has 1 heterocycles. The van der Waals surface area contributed by atoms with E-state index in [1.807, 2.05) is 0 Å². The molecule has 2 unspecified atom stereocenters. The number of rotatable bonds is 7. The van der Waals surface area contributed by atoms with Crippen molar-refractivity contribution in [1.82, 2.24) is 10.6 Å². The fourth-order valence-corrected chi connectivity index (χ4v) is 1.60. The van der Waals surface area contributed by atoms with Crippen LogP contribution >= 0.6 is 0 Å².